The van der Waals surface area contributed by atoms with Crippen molar-refractivity contribution in [2.75, 3.05) is 13.2 Å². The van der Waals surface area contributed by atoms with Gasteiger partial charge < -0.3 is 9.47 Å². The summed E-state index contributed by atoms with van der Waals surface area (Å²) in [5.74, 6) is -0.00868. The van der Waals surface area contributed by atoms with Gasteiger partial charge in [0.15, 0.2) is 0 Å². The molecule has 78 valence electrons. The Balaban J connectivity index is 2.06. The Morgan fingerprint density at radius 2 is 2.29 bits per heavy atom. The summed E-state index contributed by atoms with van der Waals surface area (Å²) in [5, 5.41) is 0. The van der Waals surface area contributed by atoms with E-state index in [9.17, 15) is 4.79 Å². The molecular formula is C11H16O3. The first kappa shape index (κ1) is 8.72. The Kier molecular flexibility index (Phi) is 1.56. The highest BCUT2D eigenvalue weighted by Crippen LogP contribution is 2.58. The number of hydrogen-bond donors (Lipinski definition) is 0. The van der Waals surface area contributed by atoms with Crippen LogP contribution in [0.2, 0.25) is 0 Å². The van der Waals surface area contributed by atoms with Crippen LogP contribution in [-0.2, 0) is 14.3 Å². The fourth-order valence-corrected chi connectivity index (χ4v) is 3.62. The average molecular weight is 196 g/mol. The largest absolute Gasteiger partial charge is 0.465 e. The number of rotatable bonds is 0. The summed E-state index contributed by atoms with van der Waals surface area (Å²) in [6, 6.07) is 0. The minimum atomic E-state index is -0.164. The molecule has 1 spiro atoms. The van der Waals surface area contributed by atoms with Crippen molar-refractivity contribution in [1.82, 2.24) is 0 Å². The van der Waals surface area contributed by atoms with Crippen molar-refractivity contribution in [3.05, 3.63) is 0 Å². The molecule has 0 aromatic carbocycles. The fraction of sp³-hybridized carbons (Fsp3) is 0.909. The Labute approximate surface area is 83.8 Å². The van der Waals surface area contributed by atoms with Crippen LogP contribution >= 0.6 is 0 Å². The molecule has 3 fully saturated rings. The van der Waals surface area contributed by atoms with Gasteiger partial charge in [-0.05, 0) is 25.7 Å². The van der Waals surface area contributed by atoms with Crippen LogP contribution in [0.4, 0.5) is 0 Å². The summed E-state index contributed by atoms with van der Waals surface area (Å²) in [5.41, 5.74) is -0.0790. The van der Waals surface area contributed by atoms with E-state index in [1.54, 1.807) is 0 Å². The lowest BCUT2D eigenvalue weighted by Crippen LogP contribution is -2.56. The van der Waals surface area contributed by atoms with Gasteiger partial charge in [-0.1, -0.05) is 6.92 Å². The molecule has 3 nitrogen and oxygen atoms in total. The van der Waals surface area contributed by atoms with Crippen LogP contribution in [0.5, 0.6) is 0 Å². The Morgan fingerprint density at radius 1 is 1.43 bits per heavy atom. The minimum Gasteiger partial charge on any atom is -0.465 e. The van der Waals surface area contributed by atoms with Crippen molar-refractivity contribution in [2.45, 2.75) is 38.2 Å². The third-order valence-corrected chi connectivity index (χ3v) is 4.44. The smallest absolute Gasteiger partial charge is 0.312 e. The Hall–Kier alpha value is -0.570. The van der Waals surface area contributed by atoms with E-state index in [2.05, 4.69) is 6.92 Å². The Morgan fingerprint density at radius 3 is 3.14 bits per heavy atom. The lowest BCUT2D eigenvalue weighted by Gasteiger charge is -2.46. The lowest BCUT2D eigenvalue weighted by atomic mass is 9.68. The molecule has 0 bridgehead atoms. The van der Waals surface area contributed by atoms with Crippen LogP contribution in [-0.4, -0.2) is 24.8 Å². The Bertz CT molecular complexity index is 284. The maximum atomic E-state index is 11.7. The number of esters is 1. The van der Waals surface area contributed by atoms with Gasteiger partial charge in [-0.15, -0.1) is 0 Å². The summed E-state index contributed by atoms with van der Waals surface area (Å²) in [6.45, 7) is 3.50. The lowest BCUT2D eigenvalue weighted by molar-refractivity contribution is -0.193. The SMILES string of the molecule is C[C@]12CCC[C@]13OCC[C@@H]3C(=O)OC2. The van der Waals surface area contributed by atoms with Gasteiger partial charge in [0.05, 0.1) is 18.1 Å². The molecule has 0 N–H and O–H groups in total. The summed E-state index contributed by atoms with van der Waals surface area (Å²) in [7, 11) is 0. The number of hydrogen-bond acceptors (Lipinski definition) is 3. The molecule has 0 amide bonds. The zero-order chi connectivity index (χ0) is 9.81. The van der Waals surface area contributed by atoms with Crippen molar-refractivity contribution in [1.29, 1.82) is 0 Å². The molecule has 0 aromatic rings. The summed E-state index contributed by atoms with van der Waals surface area (Å²) in [4.78, 5) is 11.7. The quantitative estimate of drug-likeness (QED) is 0.551. The number of ether oxygens (including phenoxy) is 2. The van der Waals surface area contributed by atoms with Crippen molar-refractivity contribution in [3.8, 4) is 0 Å². The van der Waals surface area contributed by atoms with Crippen molar-refractivity contribution in [2.24, 2.45) is 11.3 Å². The topological polar surface area (TPSA) is 35.5 Å². The first-order valence-corrected chi connectivity index (χ1v) is 5.49. The third kappa shape index (κ3) is 0.800. The molecule has 0 radical (unpaired) electrons. The highest BCUT2D eigenvalue weighted by molar-refractivity contribution is 5.76. The molecule has 14 heavy (non-hydrogen) atoms. The number of carbonyl (C=O) groups excluding carboxylic acids is 1. The van der Waals surface area contributed by atoms with Crippen LogP contribution in [0.1, 0.15) is 32.6 Å². The molecular weight excluding hydrogens is 180 g/mol. The van der Waals surface area contributed by atoms with Gasteiger partial charge in [0.2, 0.25) is 0 Å². The molecule has 0 aromatic heterocycles. The van der Waals surface area contributed by atoms with Crippen LogP contribution in [0, 0.1) is 11.3 Å². The first-order chi connectivity index (χ1) is 6.68. The van der Waals surface area contributed by atoms with E-state index in [1.165, 1.54) is 6.42 Å². The fourth-order valence-electron chi connectivity index (χ4n) is 3.62. The van der Waals surface area contributed by atoms with E-state index in [1.807, 2.05) is 0 Å². The van der Waals surface area contributed by atoms with Gasteiger partial charge in [0.25, 0.3) is 0 Å². The van der Waals surface area contributed by atoms with Crippen molar-refractivity contribution >= 4 is 5.97 Å². The van der Waals surface area contributed by atoms with Gasteiger partial charge >= 0.3 is 5.97 Å². The van der Waals surface area contributed by atoms with Crippen LogP contribution in [0.15, 0.2) is 0 Å². The van der Waals surface area contributed by atoms with E-state index in [4.69, 9.17) is 9.47 Å². The number of cyclic esters (lactones) is 1. The second-order valence-corrected chi connectivity index (χ2v) is 5.10. The molecule has 3 atom stereocenters. The summed E-state index contributed by atoms with van der Waals surface area (Å²) in [6.07, 6.45) is 4.21. The van der Waals surface area contributed by atoms with Gasteiger partial charge in [-0.2, -0.15) is 0 Å². The van der Waals surface area contributed by atoms with E-state index in [-0.39, 0.29) is 22.9 Å². The van der Waals surface area contributed by atoms with Gasteiger partial charge in [-0.25, -0.2) is 0 Å². The second-order valence-electron chi connectivity index (χ2n) is 5.10. The van der Waals surface area contributed by atoms with Gasteiger partial charge in [-0.3, -0.25) is 4.79 Å². The summed E-state index contributed by atoms with van der Waals surface area (Å²) >= 11 is 0. The van der Waals surface area contributed by atoms with E-state index < -0.39 is 0 Å². The molecule has 3 aliphatic rings. The van der Waals surface area contributed by atoms with Crippen molar-refractivity contribution in [3.63, 3.8) is 0 Å². The molecule has 2 heterocycles. The third-order valence-electron chi connectivity index (χ3n) is 4.44. The predicted octanol–water partition coefficient (Wildman–Crippen LogP) is 1.51. The monoisotopic (exact) mass is 196 g/mol. The molecule has 2 aliphatic heterocycles. The molecule has 1 aliphatic carbocycles. The standard InChI is InChI=1S/C11H16O3/c1-10-4-2-5-11(10)8(3-6-14-11)9(12)13-7-10/h8H,2-7H2,1H3/t8-,10-,11-/m1/s1. The average Bonchev–Trinajstić information content (AvgIpc) is 2.71. The highest BCUT2D eigenvalue weighted by Gasteiger charge is 2.64. The molecule has 2 saturated heterocycles. The van der Waals surface area contributed by atoms with Gasteiger partial charge in [0, 0.05) is 12.0 Å². The maximum Gasteiger partial charge on any atom is 0.312 e. The van der Waals surface area contributed by atoms with Crippen molar-refractivity contribution < 1.29 is 14.3 Å². The highest BCUT2D eigenvalue weighted by atomic mass is 16.6. The zero-order valence-corrected chi connectivity index (χ0v) is 8.54. The van der Waals surface area contributed by atoms with Crippen LogP contribution < -0.4 is 0 Å². The number of carbonyl (C=O) groups is 1. The van der Waals surface area contributed by atoms with E-state index >= 15 is 0 Å². The molecule has 3 heteroatoms. The predicted molar refractivity (Wildman–Crippen MR) is 49.7 cm³/mol. The summed E-state index contributed by atoms with van der Waals surface area (Å²) < 4.78 is 11.2. The molecule has 1 saturated carbocycles. The van der Waals surface area contributed by atoms with Crippen LogP contribution in [0.3, 0.4) is 0 Å². The van der Waals surface area contributed by atoms with E-state index in [0.717, 1.165) is 25.9 Å². The molecule has 0 unspecified atom stereocenters. The second kappa shape index (κ2) is 2.51. The van der Waals surface area contributed by atoms with Crippen LogP contribution in [0.25, 0.3) is 0 Å². The van der Waals surface area contributed by atoms with E-state index in [0.29, 0.717) is 6.61 Å². The van der Waals surface area contributed by atoms with Gasteiger partial charge in [0.1, 0.15) is 0 Å². The zero-order valence-electron chi connectivity index (χ0n) is 8.54. The molecule has 3 rings (SSSR count). The maximum absolute atomic E-state index is 11.7. The minimum absolute atomic E-state index is 0.0174. The normalized spacial score (nSPS) is 51.2. The first-order valence-electron chi connectivity index (χ1n) is 5.49.